The second-order valence-electron chi connectivity index (χ2n) is 5.37. The highest BCUT2D eigenvalue weighted by Gasteiger charge is 2.47. The first-order chi connectivity index (χ1) is 6.97. The Balaban J connectivity index is 2.75. The van der Waals surface area contributed by atoms with E-state index in [9.17, 15) is 5.11 Å². The molecule has 0 amide bonds. The van der Waals surface area contributed by atoms with Crippen LogP contribution in [-0.2, 0) is 4.74 Å². The SMILES string of the molecule is COCC(C)(O)C1(CN)CCC(C)CC1. The van der Waals surface area contributed by atoms with Gasteiger partial charge in [0.1, 0.15) is 0 Å². The van der Waals surface area contributed by atoms with Crippen LogP contribution in [0.5, 0.6) is 0 Å². The summed E-state index contributed by atoms with van der Waals surface area (Å²) in [6.45, 7) is 5.06. The summed E-state index contributed by atoms with van der Waals surface area (Å²) in [6, 6.07) is 0. The summed E-state index contributed by atoms with van der Waals surface area (Å²) < 4.78 is 5.11. The van der Waals surface area contributed by atoms with Gasteiger partial charge >= 0.3 is 0 Å². The Morgan fingerprint density at radius 3 is 2.40 bits per heavy atom. The standard InChI is InChI=1S/C12H25NO2/c1-10-4-6-12(8-13,7-5-10)11(2,14)9-15-3/h10,14H,4-9,13H2,1-3H3. The molecule has 1 rings (SSSR count). The van der Waals surface area contributed by atoms with Gasteiger partial charge in [0.05, 0.1) is 12.2 Å². The minimum Gasteiger partial charge on any atom is -0.387 e. The number of nitrogens with two attached hydrogens (primary N) is 1. The summed E-state index contributed by atoms with van der Waals surface area (Å²) >= 11 is 0. The molecule has 1 saturated carbocycles. The maximum Gasteiger partial charge on any atom is 0.0919 e. The van der Waals surface area contributed by atoms with Crippen LogP contribution < -0.4 is 5.73 Å². The lowest BCUT2D eigenvalue weighted by atomic mass is 9.62. The molecule has 0 aliphatic heterocycles. The van der Waals surface area contributed by atoms with Crippen LogP contribution in [0.3, 0.4) is 0 Å². The van der Waals surface area contributed by atoms with Crippen molar-refractivity contribution in [1.29, 1.82) is 0 Å². The molecule has 3 heteroatoms. The zero-order valence-corrected chi connectivity index (χ0v) is 10.3. The summed E-state index contributed by atoms with van der Waals surface area (Å²) in [5.74, 6) is 0.767. The Labute approximate surface area is 93.0 Å². The van der Waals surface area contributed by atoms with Gasteiger partial charge in [-0.05, 0) is 25.7 Å². The molecule has 1 atom stereocenters. The van der Waals surface area contributed by atoms with Crippen molar-refractivity contribution >= 4 is 0 Å². The summed E-state index contributed by atoms with van der Waals surface area (Å²) in [4.78, 5) is 0. The van der Waals surface area contributed by atoms with Gasteiger partial charge in [-0.1, -0.05) is 19.8 Å². The first kappa shape index (κ1) is 12.9. The number of aliphatic hydroxyl groups is 1. The molecule has 0 heterocycles. The van der Waals surface area contributed by atoms with Crippen molar-refractivity contribution in [2.45, 2.75) is 45.1 Å². The van der Waals surface area contributed by atoms with Gasteiger partial charge in [-0.15, -0.1) is 0 Å². The van der Waals surface area contributed by atoms with Crippen molar-refractivity contribution in [3.05, 3.63) is 0 Å². The van der Waals surface area contributed by atoms with Crippen molar-refractivity contribution in [2.75, 3.05) is 20.3 Å². The molecule has 1 aliphatic carbocycles. The van der Waals surface area contributed by atoms with Crippen molar-refractivity contribution in [2.24, 2.45) is 17.1 Å². The van der Waals surface area contributed by atoms with E-state index in [2.05, 4.69) is 6.92 Å². The normalized spacial score (nSPS) is 36.2. The van der Waals surface area contributed by atoms with E-state index >= 15 is 0 Å². The summed E-state index contributed by atoms with van der Waals surface area (Å²) in [5, 5.41) is 10.5. The van der Waals surface area contributed by atoms with Crippen LogP contribution >= 0.6 is 0 Å². The molecule has 1 unspecified atom stereocenters. The molecule has 0 aromatic rings. The summed E-state index contributed by atoms with van der Waals surface area (Å²) in [6.07, 6.45) is 4.36. The van der Waals surface area contributed by atoms with Crippen LogP contribution in [0.2, 0.25) is 0 Å². The zero-order valence-electron chi connectivity index (χ0n) is 10.3. The van der Waals surface area contributed by atoms with E-state index in [4.69, 9.17) is 10.5 Å². The van der Waals surface area contributed by atoms with Crippen LogP contribution in [-0.4, -0.2) is 31.0 Å². The highest BCUT2D eigenvalue weighted by atomic mass is 16.5. The fourth-order valence-electron chi connectivity index (χ4n) is 2.71. The van der Waals surface area contributed by atoms with Gasteiger partial charge in [0.15, 0.2) is 0 Å². The molecule has 0 bridgehead atoms. The van der Waals surface area contributed by atoms with Crippen molar-refractivity contribution in [3.63, 3.8) is 0 Å². The van der Waals surface area contributed by atoms with E-state index in [0.29, 0.717) is 13.2 Å². The fraction of sp³-hybridized carbons (Fsp3) is 1.00. The topological polar surface area (TPSA) is 55.5 Å². The average molecular weight is 215 g/mol. The van der Waals surface area contributed by atoms with E-state index in [1.165, 1.54) is 0 Å². The molecule has 0 radical (unpaired) electrons. The Morgan fingerprint density at radius 1 is 1.47 bits per heavy atom. The lowest BCUT2D eigenvalue weighted by Gasteiger charge is -2.48. The van der Waals surface area contributed by atoms with E-state index in [0.717, 1.165) is 31.6 Å². The monoisotopic (exact) mass is 215 g/mol. The second-order valence-corrected chi connectivity index (χ2v) is 5.37. The molecule has 15 heavy (non-hydrogen) atoms. The Hall–Kier alpha value is -0.120. The highest BCUT2D eigenvalue weighted by Crippen LogP contribution is 2.45. The molecule has 3 N–H and O–H groups in total. The minimum atomic E-state index is -0.795. The molecule has 0 aromatic carbocycles. The number of hydrogen-bond donors (Lipinski definition) is 2. The van der Waals surface area contributed by atoms with Gasteiger partial charge in [0.25, 0.3) is 0 Å². The molecule has 0 aromatic heterocycles. The minimum absolute atomic E-state index is 0.143. The third kappa shape index (κ3) is 2.52. The van der Waals surface area contributed by atoms with Crippen LogP contribution in [0.1, 0.15) is 39.5 Å². The van der Waals surface area contributed by atoms with E-state index in [1.807, 2.05) is 6.92 Å². The number of methoxy groups -OCH3 is 1. The van der Waals surface area contributed by atoms with Gasteiger partial charge < -0.3 is 15.6 Å². The summed E-state index contributed by atoms with van der Waals surface area (Å²) in [7, 11) is 1.63. The van der Waals surface area contributed by atoms with Crippen LogP contribution in [0, 0.1) is 11.3 Å². The van der Waals surface area contributed by atoms with E-state index in [1.54, 1.807) is 7.11 Å². The lowest BCUT2D eigenvalue weighted by molar-refractivity contribution is -0.127. The first-order valence-electron chi connectivity index (χ1n) is 5.89. The molecule has 0 spiro atoms. The Kier molecular flexibility index (Phi) is 4.15. The van der Waals surface area contributed by atoms with E-state index < -0.39 is 5.60 Å². The number of rotatable bonds is 4. The third-order valence-electron chi connectivity index (χ3n) is 4.19. The van der Waals surface area contributed by atoms with Crippen LogP contribution in [0.25, 0.3) is 0 Å². The average Bonchev–Trinajstić information content (AvgIpc) is 2.19. The maximum atomic E-state index is 10.5. The molecular weight excluding hydrogens is 190 g/mol. The molecule has 1 aliphatic rings. The van der Waals surface area contributed by atoms with Gasteiger partial charge in [0.2, 0.25) is 0 Å². The van der Waals surface area contributed by atoms with Gasteiger partial charge in [0, 0.05) is 19.1 Å². The van der Waals surface area contributed by atoms with E-state index in [-0.39, 0.29) is 5.41 Å². The van der Waals surface area contributed by atoms with Crippen molar-refractivity contribution in [1.82, 2.24) is 0 Å². The zero-order chi connectivity index (χ0) is 11.5. The van der Waals surface area contributed by atoms with Gasteiger partial charge in [-0.3, -0.25) is 0 Å². The fourth-order valence-corrected chi connectivity index (χ4v) is 2.71. The molecule has 90 valence electrons. The Bertz CT molecular complexity index is 196. The van der Waals surface area contributed by atoms with Gasteiger partial charge in [-0.2, -0.15) is 0 Å². The molecule has 3 nitrogen and oxygen atoms in total. The van der Waals surface area contributed by atoms with Crippen molar-refractivity contribution < 1.29 is 9.84 Å². The largest absolute Gasteiger partial charge is 0.387 e. The number of hydrogen-bond acceptors (Lipinski definition) is 3. The lowest BCUT2D eigenvalue weighted by Crippen LogP contribution is -2.54. The molecule has 1 fully saturated rings. The molecular formula is C12H25NO2. The second kappa shape index (κ2) is 4.81. The van der Waals surface area contributed by atoms with Crippen LogP contribution in [0.4, 0.5) is 0 Å². The molecule has 0 saturated heterocycles. The highest BCUT2D eigenvalue weighted by molar-refractivity contribution is 4.99. The predicted molar refractivity (Wildman–Crippen MR) is 61.6 cm³/mol. The first-order valence-corrected chi connectivity index (χ1v) is 5.89. The maximum absolute atomic E-state index is 10.5. The quantitative estimate of drug-likeness (QED) is 0.748. The smallest absolute Gasteiger partial charge is 0.0919 e. The Morgan fingerprint density at radius 2 is 2.00 bits per heavy atom. The third-order valence-corrected chi connectivity index (χ3v) is 4.19. The number of ether oxygens (including phenoxy) is 1. The summed E-state index contributed by atoms with van der Waals surface area (Å²) in [5.41, 5.74) is 4.95. The van der Waals surface area contributed by atoms with Crippen LogP contribution in [0.15, 0.2) is 0 Å². The van der Waals surface area contributed by atoms with Crippen molar-refractivity contribution in [3.8, 4) is 0 Å². The predicted octanol–water partition coefficient (Wildman–Crippen LogP) is 1.54. The van der Waals surface area contributed by atoms with Gasteiger partial charge in [-0.25, -0.2) is 0 Å².